The second kappa shape index (κ2) is 11.0. The van der Waals surface area contributed by atoms with Crippen molar-refractivity contribution in [3.8, 4) is 0 Å². The Kier molecular flexibility index (Phi) is 9.04. The summed E-state index contributed by atoms with van der Waals surface area (Å²) in [7, 11) is 0. The average Bonchev–Trinajstić information content (AvgIpc) is 2.67. The molecule has 0 aliphatic heterocycles. The monoisotopic (exact) mass is 404 g/mol. The standard InChI is InChI=1S/C23H33ClN2O.CH4/c1-2-13-25-14-5-8-18-9-10-21(24)20(15-18)22(27)26-17-23-11-3-6-19(16-23)7-4-12-23;/h2,9-10,15,19,25H,1,3-8,11-14,16-17H2,(H,26,27);1H4. The number of hydrogen-bond donors (Lipinski definition) is 2. The van der Waals surface area contributed by atoms with Crippen LogP contribution in [0.15, 0.2) is 30.9 Å². The molecule has 1 amide bonds. The van der Waals surface area contributed by atoms with Gasteiger partial charge in [0.25, 0.3) is 5.91 Å². The number of nitrogens with one attached hydrogen (secondary N) is 2. The van der Waals surface area contributed by atoms with E-state index in [-0.39, 0.29) is 13.3 Å². The van der Waals surface area contributed by atoms with Gasteiger partial charge in [0.2, 0.25) is 0 Å². The second-order valence-corrected chi connectivity index (χ2v) is 8.86. The summed E-state index contributed by atoms with van der Waals surface area (Å²) in [5, 5.41) is 7.07. The molecule has 3 rings (SSSR count). The maximum Gasteiger partial charge on any atom is 0.252 e. The maximum absolute atomic E-state index is 12.8. The summed E-state index contributed by atoms with van der Waals surface area (Å²) in [6.45, 7) is 6.28. The lowest BCUT2D eigenvalue weighted by Gasteiger charge is -2.45. The second-order valence-electron chi connectivity index (χ2n) is 8.45. The average molecular weight is 405 g/mol. The topological polar surface area (TPSA) is 41.1 Å². The van der Waals surface area contributed by atoms with Gasteiger partial charge in [-0.2, -0.15) is 0 Å². The highest BCUT2D eigenvalue weighted by atomic mass is 35.5. The van der Waals surface area contributed by atoms with Crippen LogP contribution >= 0.6 is 11.6 Å². The van der Waals surface area contributed by atoms with Crippen molar-refractivity contribution in [1.29, 1.82) is 0 Å². The minimum Gasteiger partial charge on any atom is -0.351 e. The van der Waals surface area contributed by atoms with E-state index in [1.54, 1.807) is 0 Å². The van der Waals surface area contributed by atoms with E-state index in [4.69, 9.17) is 11.6 Å². The number of fused-ring (bicyclic) bond motifs is 2. The normalized spacial score (nSPS) is 23.5. The van der Waals surface area contributed by atoms with Gasteiger partial charge in [-0.05, 0) is 67.7 Å². The molecule has 4 heteroatoms. The highest BCUT2D eigenvalue weighted by Gasteiger charge is 2.39. The van der Waals surface area contributed by atoms with Crippen molar-refractivity contribution in [2.45, 2.75) is 65.2 Å². The molecule has 2 bridgehead atoms. The molecule has 28 heavy (non-hydrogen) atoms. The fraction of sp³-hybridized carbons (Fsp3) is 0.625. The molecular weight excluding hydrogens is 368 g/mol. The number of benzene rings is 1. The van der Waals surface area contributed by atoms with Crippen LogP contribution in [0.25, 0.3) is 0 Å². The Hall–Kier alpha value is -1.32. The Morgan fingerprint density at radius 2 is 2.04 bits per heavy atom. The highest BCUT2D eigenvalue weighted by molar-refractivity contribution is 6.33. The van der Waals surface area contributed by atoms with Crippen LogP contribution in [-0.4, -0.2) is 25.5 Å². The van der Waals surface area contributed by atoms with Crippen molar-refractivity contribution in [1.82, 2.24) is 10.6 Å². The third-order valence-electron chi connectivity index (χ3n) is 6.37. The molecule has 2 aliphatic carbocycles. The summed E-state index contributed by atoms with van der Waals surface area (Å²) in [4.78, 5) is 12.8. The number of rotatable bonds is 9. The van der Waals surface area contributed by atoms with E-state index in [2.05, 4.69) is 17.2 Å². The van der Waals surface area contributed by atoms with Crippen LogP contribution < -0.4 is 10.6 Å². The SMILES string of the molecule is C.C=CCNCCCc1ccc(Cl)c(C(=O)NCC23CCCC(CCC2)C3)c1. The Morgan fingerprint density at radius 3 is 2.75 bits per heavy atom. The van der Waals surface area contributed by atoms with Crippen molar-refractivity contribution in [3.05, 3.63) is 47.0 Å². The van der Waals surface area contributed by atoms with Gasteiger partial charge in [0, 0.05) is 13.1 Å². The minimum atomic E-state index is -0.0197. The Morgan fingerprint density at radius 1 is 1.29 bits per heavy atom. The molecule has 0 aromatic heterocycles. The predicted octanol–water partition coefficient (Wildman–Crippen LogP) is 5.77. The van der Waals surface area contributed by atoms with Crippen molar-refractivity contribution >= 4 is 17.5 Å². The lowest BCUT2D eigenvalue weighted by Crippen LogP contribution is -2.43. The Bertz CT molecular complexity index is 648. The van der Waals surface area contributed by atoms with Gasteiger partial charge in [0.05, 0.1) is 10.6 Å². The van der Waals surface area contributed by atoms with Gasteiger partial charge in [-0.15, -0.1) is 6.58 Å². The predicted molar refractivity (Wildman–Crippen MR) is 120 cm³/mol. The molecule has 156 valence electrons. The lowest BCUT2D eigenvalue weighted by molar-refractivity contribution is 0.0682. The first-order valence-electron chi connectivity index (χ1n) is 10.5. The van der Waals surface area contributed by atoms with Crippen LogP contribution in [0.3, 0.4) is 0 Å². The van der Waals surface area contributed by atoms with E-state index in [1.807, 2.05) is 24.3 Å². The van der Waals surface area contributed by atoms with Crippen LogP contribution in [-0.2, 0) is 6.42 Å². The van der Waals surface area contributed by atoms with Crippen molar-refractivity contribution in [2.24, 2.45) is 11.3 Å². The van der Waals surface area contributed by atoms with E-state index in [0.29, 0.717) is 16.0 Å². The molecule has 2 N–H and O–H groups in total. The number of halogens is 1. The number of carbonyl (C=O) groups excluding carboxylic acids is 1. The molecule has 2 fully saturated rings. The van der Waals surface area contributed by atoms with Gasteiger partial charge in [-0.1, -0.05) is 56.9 Å². The third-order valence-corrected chi connectivity index (χ3v) is 6.70. The van der Waals surface area contributed by atoms with Crippen molar-refractivity contribution in [3.63, 3.8) is 0 Å². The van der Waals surface area contributed by atoms with Crippen molar-refractivity contribution < 1.29 is 4.79 Å². The fourth-order valence-electron chi connectivity index (χ4n) is 4.96. The zero-order valence-corrected chi connectivity index (χ0v) is 17.1. The molecule has 0 radical (unpaired) electrons. The van der Waals surface area contributed by atoms with Gasteiger partial charge in [0.1, 0.15) is 0 Å². The molecule has 3 nitrogen and oxygen atoms in total. The lowest BCUT2D eigenvalue weighted by atomic mass is 9.62. The smallest absolute Gasteiger partial charge is 0.252 e. The molecule has 1 aromatic carbocycles. The van der Waals surface area contributed by atoms with Gasteiger partial charge in [0.15, 0.2) is 0 Å². The molecule has 0 atom stereocenters. The van der Waals surface area contributed by atoms with Crippen molar-refractivity contribution in [2.75, 3.05) is 19.6 Å². The highest BCUT2D eigenvalue weighted by Crippen LogP contribution is 2.48. The van der Waals surface area contributed by atoms with E-state index >= 15 is 0 Å². The number of amides is 1. The number of hydrogen-bond acceptors (Lipinski definition) is 2. The first kappa shape index (κ1) is 23.0. The van der Waals surface area contributed by atoms with Crippen LogP contribution in [0.4, 0.5) is 0 Å². The first-order valence-corrected chi connectivity index (χ1v) is 10.9. The summed E-state index contributed by atoms with van der Waals surface area (Å²) in [6, 6.07) is 5.85. The molecular formula is C24H37ClN2O. The third kappa shape index (κ3) is 6.09. The van der Waals surface area contributed by atoms with Gasteiger partial charge < -0.3 is 10.6 Å². The van der Waals surface area contributed by atoms with E-state index in [0.717, 1.165) is 38.4 Å². The number of carbonyl (C=O) groups is 1. The zero-order chi connectivity index (χ0) is 19.1. The number of aryl methyl sites for hydroxylation is 1. The quantitative estimate of drug-likeness (QED) is 0.405. The van der Waals surface area contributed by atoms with Crippen LogP contribution in [0, 0.1) is 11.3 Å². The fourth-order valence-corrected chi connectivity index (χ4v) is 5.16. The molecule has 2 saturated carbocycles. The maximum atomic E-state index is 12.8. The van der Waals surface area contributed by atoms with Crippen LogP contribution in [0.2, 0.25) is 5.02 Å². The zero-order valence-electron chi connectivity index (χ0n) is 16.4. The summed E-state index contributed by atoms with van der Waals surface area (Å²) in [5.41, 5.74) is 2.11. The van der Waals surface area contributed by atoms with Gasteiger partial charge >= 0.3 is 0 Å². The summed E-state index contributed by atoms with van der Waals surface area (Å²) in [6.07, 6.45) is 13.0. The molecule has 0 heterocycles. The Balaban J connectivity index is 0.00000280. The molecule has 0 unspecified atom stereocenters. The van der Waals surface area contributed by atoms with Crippen LogP contribution in [0.5, 0.6) is 0 Å². The summed E-state index contributed by atoms with van der Waals surface area (Å²) in [5.74, 6) is 0.861. The molecule has 1 aromatic rings. The summed E-state index contributed by atoms with van der Waals surface area (Å²) >= 11 is 6.33. The van der Waals surface area contributed by atoms with E-state index < -0.39 is 0 Å². The largest absolute Gasteiger partial charge is 0.351 e. The molecule has 2 aliphatic rings. The van der Waals surface area contributed by atoms with Gasteiger partial charge in [-0.25, -0.2) is 0 Å². The molecule has 0 spiro atoms. The van der Waals surface area contributed by atoms with Crippen LogP contribution in [0.1, 0.15) is 74.7 Å². The first-order chi connectivity index (χ1) is 13.1. The Labute approximate surface area is 176 Å². The van der Waals surface area contributed by atoms with Gasteiger partial charge in [-0.3, -0.25) is 4.79 Å². The summed E-state index contributed by atoms with van der Waals surface area (Å²) < 4.78 is 0. The van der Waals surface area contributed by atoms with E-state index in [9.17, 15) is 4.79 Å². The molecule has 0 saturated heterocycles. The van der Waals surface area contributed by atoms with E-state index in [1.165, 1.54) is 50.5 Å². The minimum absolute atomic E-state index is 0.